The van der Waals surface area contributed by atoms with Crippen molar-refractivity contribution in [3.8, 4) is 0 Å². The average Bonchev–Trinajstić information content (AvgIpc) is 3.32. The van der Waals surface area contributed by atoms with Crippen LogP contribution in [-0.4, -0.2) is 46.3 Å². The molecule has 10 nitrogen and oxygen atoms in total. The van der Waals surface area contributed by atoms with Crippen LogP contribution in [0.1, 0.15) is 41.0 Å². The van der Waals surface area contributed by atoms with Crippen LogP contribution in [0.2, 0.25) is 0 Å². The molecular weight excluding hydrogens is 554 g/mol. The fraction of sp³-hybridized carbons (Fsp3) is 0.214. The number of carbonyl (C=O) groups is 2. The number of hydrogen-bond acceptors (Lipinski definition) is 6. The Morgan fingerprint density at radius 2 is 1.71 bits per heavy atom. The van der Waals surface area contributed by atoms with Crippen molar-refractivity contribution in [3.63, 3.8) is 0 Å². The maximum Gasteiger partial charge on any atom is 0.258 e. The number of amides is 2. The molecular formula is C28H26F2N6O4S. The number of H-pyrrole nitrogens is 1. The minimum Gasteiger partial charge on any atom is -0.325 e. The first-order valence-corrected chi connectivity index (χ1v) is 14.0. The molecule has 3 heterocycles. The van der Waals surface area contributed by atoms with E-state index >= 15 is 0 Å². The molecule has 4 aromatic rings. The van der Waals surface area contributed by atoms with E-state index < -0.39 is 37.9 Å². The van der Waals surface area contributed by atoms with Gasteiger partial charge in [0.15, 0.2) is 5.82 Å². The summed E-state index contributed by atoms with van der Waals surface area (Å²) < 4.78 is 55.5. The molecule has 0 aliphatic carbocycles. The van der Waals surface area contributed by atoms with Crippen LogP contribution in [0.25, 0.3) is 0 Å². The van der Waals surface area contributed by atoms with Gasteiger partial charge in [-0.3, -0.25) is 19.7 Å². The highest BCUT2D eigenvalue weighted by Crippen LogP contribution is 2.38. The Hall–Kier alpha value is -4.49. The highest BCUT2D eigenvalue weighted by atomic mass is 32.2. The Bertz CT molecular complexity index is 1720. The summed E-state index contributed by atoms with van der Waals surface area (Å²) in [5.74, 6) is -2.83. The van der Waals surface area contributed by atoms with Gasteiger partial charge in [0.2, 0.25) is 15.9 Å². The fourth-order valence-electron chi connectivity index (χ4n) is 4.78. The van der Waals surface area contributed by atoms with Gasteiger partial charge in [0.25, 0.3) is 5.91 Å². The highest BCUT2D eigenvalue weighted by molar-refractivity contribution is 7.89. The van der Waals surface area contributed by atoms with E-state index in [0.717, 1.165) is 22.0 Å². The zero-order valence-electron chi connectivity index (χ0n) is 22.1. The summed E-state index contributed by atoms with van der Waals surface area (Å²) in [5, 5.41) is 12.6. The fourth-order valence-corrected chi connectivity index (χ4v) is 6.39. The van der Waals surface area contributed by atoms with E-state index in [9.17, 15) is 26.8 Å². The Morgan fingerprint density at radius 3 is 2.41 bits per heavy atom. The first kappa shape index (κ1) is 28.1. The third kappa shape index (κ3) is 5.86. The standard InChI is InChI=1S/C28H26F2N6O4S/c1-28(2)16-36(41(39,40)20-13-18(29)12-19(30)14-20)15-22-25(28)34-35-26(22)33-27(38)21-5-3-4-6-23(21)32-24(37)11-17-7-9-31-10-8-17/h3-10,12-14H,11,15-16H2,1-2H3,(H,32,37)(H2,33,34,35,38). The van der Waals surface area contributed by atoms with E-state index in [1.54, 1.807) is 56.6 Å². The lowest BCUT2D eigenvalue weighted by molar-refractivity contribution is -0.115. The van der Waals surface area contributed by atoms with Gasteiger partial charge in [0.05, 0.1) is 22.6 Å². The van der Waals surface area contributed by atoms with Crippen molar-refractivity contribution in [2.24, 2.45) is 0 Å². The van der Waals surface area contributed by atoms with Crippen molar-refractivity contribution in [2.75, 3.05) is 17.2 Å². The maximum atomic E-state index is 13.8. The zero-order valence-corrected chi connectivity index (χ0v) is 22.9. The molecule has 41 heavy (non-hydrogen) atoms. The van der Waals surface area contributed by atoms with Crippen LogP contribution < -0.4 is 10.6 Å². The second-order valence-corrected chi connectivity index (χ2v) is 12.2. The molecule has 212 valence electrons. The molecule has 0 unspecified atom stereocenters. The van der Waals surface area contributed by atoms with E-state index in [0.29, 0.717) is 17.3 Å². The molecule has 2 aromatic carbocycles. The van der Waals surface area contributed by atoms with Crippen LogP contribution in [0, 0.1) is 11.6 Å². The predicted molar refractivity (Wildman–Crippen MR) is 147 cm³/mol. The average molecular weight is 581 g/mol. The van der Waals surface area contributed by atoms with Gasteiger partial charge in [0, 0.05) is 48.2 Å². The molecule has 5 rings (SSSR count). The van der Waals surface area contributed by atoms with Crippen LogP contribution in [0.4, 0.5) is 20.3 Å². The third-order valence-electron chi connectivity index (χ3n) is 6.72. The lowest BCUT2D eigenvalue weighted by Crippen LogP contribution is -2.45. The van der Waals surface area contributed by atoms with Crippen molar-refractivity contribution >= 4 is 33.3 Å². The minimum absolute atomic E-state index is 0.00237. The topological polar surface area (TPSA) is 137 Å². The Balaban J connectivity index is 1.39. The van der Waals surface area contributed by atoms with Gasteiger partial charge in [-0.25, -0.2) is 17.2 Å². The first-order chi connectivity index (χ1) is 19.4. The van der Waals surface area contributed by atoms with Crippen LogP contribution in [-0.2, 0) is 33.2 Å². The number of aromatic amines is 1. The number of halogens is 2. The zero-order chi connectivity index (χ0) is 29.4. The first-order valence-electron chi connectivity index (χ1n) is 12.6. The van der Waals surface area contributed by atoms with Gasteiger partial charge in [-0.15, -0.1) is 0 Å². The smallest absolute Gasteiger partial charge is 0.258 e. The van der Waals surface area contributed by atoms with E-state index in [1.165, 1.54) is 6.07 Å². The molecule has 0 saturated carbocycles. The van der Waals surface area contributed by atoms with E-state index in [-0.39, 0.29) is 42.5 Å². The van der Waals surface area contributed by atoms with Gasteiger partial charge in [-0.1, -0.05) is 26.0 Å². The molecule has 0 radical (unpaired) electrons. The lowest BCUT2D eigenvalue weighted by atomic mass is 9.84. The SMILES string of the molecule is CC1(C)CN(S(=O)(=O)c2cc(F)cc(F)c2)Cc2c(NC(=O)c3ccccc3NC(=O)Cc3ccncc3)n[nH]c21. The van der Waals surface area contributed by atoms with Crippen molar-refractivity contribution in [3.05, 3.63) is 101 Å². The summed E-state index contributed by atoms with van der Waals surface area (Å²) in [6, 6.07) is 12.0. The molecule has 3 N–H and O–H groups in total. The summed E-state index contributed by atoms with van der Waals surface area (Å²) in [4.78, 5) is 29.4. The number of pyridine rings is 1. The van der Waals surface area contributed by atoms with Crippen LogP contribution >= 0.6 is 0 Å². The Kier molecular flexibility index (Phi) is 7.41. The van der Waals surface area contributed by atoms with Crippen LogP contribution in [0.5, 0.6) is 0 Å². The van der Waals surface area contributed by atoms with Crippen LogP contribution in [0.15, 0.2) is 71.9 Å². The second kappa shape index (κ2) is 10.8. The normalized spacial score (nSPS) is 14.7. The number of nitrogens with one attached hydrogen (secondary N) is 3. The number of rotatable bonds is 7. The van der Waals surface area contributed by atoms with E-state index in [2.05, 4.69) is 25.8 Å². The van der Waals surface area contributed by atoms with Gasteiger partial charge < -0.3 is 10.6 Å². The number of sulfonamides is 1. The summed E-state index contributed by atoms with van der Waals surface area (Å²) >= 11 is 0. The maximum absolute atomic E-state index is 13.8. The molecule has 13 heteroatoms. The third-order valence-corrected chi connectivity index (χ3v) is 8.49. The lowest BCUT2D eigenvalue weighted by Gasteiger charge is -2.36. The van der Waals surface area contributed by atoms with Gasteiger partial charge in [-0.2, -0.15) is 9.40 Å². The van der Waals surface area contributed by atoms with Gasteiger partial charge in [-0.05, 0) is 42.0 Å². The number of hydrogen-bond donors (Lipinski definition) is 3. The molecule has 2 aromatic heterocycles. The van der Waals surface area contributed by atoms with Crippen molar-refractivity contribution in [2.45, 2.75) is 37.1 Å². The number of benzene rings is 2. The predicted octanol–water partition coefficient (Wildman–Crippen LogP) is 4.00. The number of nitrogens with zero attached hydrogens (tertiary/aromatic N) is 3. The monoisotopic (exact) mass is 580 g/mol. The molecule has 0 fully saturated rings. The quantitative estimate of drug-likeness (QED) is 0.302. The highest BCUT2D eigenvalue weighted by Gasteiger charge is 2.41. The number of aromatic nitrogens is 3. The number of carbonyl (C=O) groups excluding carboxylic acids is 2. The Labute approximate surface area is 234 Å². The minimum atomic E-state index is -4.29. The molecule has 1 aliphatic rings. The number of para-hydroxylation sites is 1. The van der Waals surface area contributed by atoms with Gasteiger partial charge in [0.1, 0.15) is 11.6 Å². The number of fused-ring (bicyclic) bond motifs is 1. The van der Waals surface area contributed by atoms with E-state index in [1.807, 2.05) is 0 Å². The molecule has 0 spiro atoms. The molecule has 0 saturated heterocycles. The summed E-state index contributed by atoms with van der Waals surface area (Å²) in [7, 11) is -4.29. The van der Waals surface area contributed by atoms with Crippen molar-refractivity contribution in [1.29, 1.82) is 0 Å². The Morgan fingerprint density at radius 1 is 1.02 bits per heavy atom. The van der Waals surface area contributed by atoms with Crippen molar-refractivity contribution in [1.82, 2.24) is 19.5 Å². The largest absolute Gasteiger partial charge is 0.325 e. The van der Waals surface area contributed by atoms with Crippen LogP contribution in [0.3, 0.4) is 0 Å². The second-order valence-electron chi connectivity index (χ2n) is 10.3. The summed E-state index contributed by atoms with van der Waals surface area (Å²) in [6.45, 7) is 3.38. The summed E-state index contributed by atoms with van der Waals surface area (Å²) in [6.07, 6.45) is 3.25. The molecule has 0 atom stereocenters. The molecule has 0 bridgehead atoms. The van der Waals surface area contributed by atoms with Gasteiger partial charge >= 0.3 is 0 Å². The number of anilines is 2. The summed E-state index contributed by atoms with van der Waals surface area (Å²) in [5.41, 5.74) is 1.46. The molecule has 2 amide bonds. The molecule has 1 aliphatic heterocycles. The van der Waals surface area contributed by atoms with Crippen molar-refractivity contribution < 1.29 is 26.8 Å². The van der Waals surface area contributed by atoms with E-state index in [4.69, 9.17) is 0 Å².